The fraction of sp³-hybridized carbons (Fsp3) is 0.353. The SMILES string of the molecule is O=C(O)[C@@H]1CCCN(C(=O)Cc2csc(-c3ccccc3F)n2)C1. The zero-order chi connectivity index (χ0) is 17.1. The minimum atomic E-state index is -0.858. The molecule has 7 heteroatoms. The summed E-state index contributed by atoms with van der Waals surface area (Å²) in [5, 5.41) is 11.4. The molecule has 1 saturated heterocycles. The van der Waals surface area contributed by atoms with Crippen molar-refractivity contribution in [3.8, 4) is 10.6 Å². The molecule has 1 fully saturated rings. The van der Waals surface area contributed by atoms with Crippen LogP contribution < -0.4 is 0 Å². The molecule has 1 amide bonds. The van der Waals surface area contributed by atoms with Gasteiger partial charge in [-0.2, -0.15) is 0 Å². The maximum Gasteiger partial charge on any atom is 0.308 e. The van der Waals surface area contributed by atoms with Crippen molar-refractivity contribution in [2.75, 3.05) is 13.1 Å². The van der Waals surface area contributed by atoms with Crippen LogP contribution in [0.1, 0.15) is 18.5 Å². The third-order valence-corrected chi connectivity index (χ3v) is 5.04. The Morgan fingerprint density at radius 1 is 1.38 bits per heavy atom. The number of carboxylic acids is 1. The van der Waals surface area contributed by atoms with E-state index in [1.165, 1.54) is 17.4 Å². The van der Waals surface area contributed by atoms with Gasteiger partial charge in [0.15, 0.2) is 0 Å². The Bertz CT molecular complexity index is 762. The Kier molecular flexibility index (Phi) is 4.89. The number of aliphatic carboxylic acids is 1. The summed E-state index contributed by atoms with van der Waals surface area (Å²) in [5.74, 6) is -1.83. The molecule has 126 valence electrons. The molecule has 24 heavy (non-hydrogen) atoms. The maximum atomic E-state index is 13.8. The van der Waals surface area contributed by atoms with Gasteiger partial charge in [0.05, 0.1) is 18.0 Å². The molecule has 1 atom stereocenters. The van der Waals surface area contributed by atoms with Crippen molar-refractivity contribution >= 4 is 23.2 Å². The second kappa shape index (κ2) is 7.09. The molecular formula is C17H17FN2O3S. The van der Waals surface area contributed by atoms with E-state index in [9.17, 15) is 14.0 Å². The first-order valence-electron chi connectivity index (χ1n) is 7.74. The lowest BCUT2D eigenvalue weighted by Crippen LogP contribution is -2.43. The Hall–Kier alpha value is -2.28. The van der Waals surface area contributed by atoms with Gasteiger partial charge in [-0.05, 0) is 25.0 Å². The zero-order valence-electron chi connectivity index (χ0n) is 12.9. The van der Waals surface area contributed by atoms with Crippen molar-refractivity contribution in [2.45, 2.75) is 19.3 Å². The highest BCUT2D eigenvalue weighted by Gasteiger charge is 2.28. The average molecular weight is 348 g/mol. The molecule has 1 aromatic heterocycles. The van der Waals surface area contributed by atoms with Crippen molar-refractivity contribution in [2.24, 2.45) is 5.92 Å². The number of benzene rings is 1. The third-order valence-electron chi connectivity index (χ3n) is 4.11. The summed E-state index contributed by atoms with van der Waals surface area (Å²) in [7, 11) is 0. The molecule has 5 nitrogen and oxygen atoms in total. The summed E-state index contributed by atoms with van der Waals surface area (Å²) in [6.07, 6.45) is 1.41. The molecule has 0 radical (unpaired) electrons. The molecule has 1 aliphatic heterocycles. The fourth-order valence-electron chi connectivity index (χ4n) is 2.82. The van der Waals surface area contributed by atoms with Gasteiger partial charge < -0.3 is 10.0 Å². The van der Waals surface area contributed by atoms with Crippen molar-refractivity contribution in [1.29, 1.82) is 0 Å². The summed E-state index contributed by atoms with van der Waals surface area (Å²) in [4.78, 5) is 29.4. The molecule has 0 saturated carbocycles. The molecule has 1 aliphatic rings. The van der Waals surface area contributed by atoms with Gasteiger partial charge in [-0.25, -0.2) is 9.37 Å². The number of nitrogens with zero attached hydrogens (tertiary/aromatic N) is 2. The van der Waals surface area contributed by atoms with Gasteiger partial charge in [-0.15, -0.1) is 11.3 Å². The number of amides is 1. The number of halogens is 1. The number of carbonyl (C=O) groups is 2. The topological polar surface area (TPSA) is 70.5 Å². The molecule has 0 bridgehead atoms. The molecule has 0 unspecified atom stereocenters. The van der Waals surface area contributed by atoms with Crippen molar-refractivity contribution in [3.05, 3.63) is 41.2 Å². The first-order chi connectivity index (χ1) is 11.5. The summed E-state index contributed by atoms with van der Waals surface area (Å²) in [6.45, 7) is 0.825. The second-order valence-corrected chi connectivity index (χ2v) is 6.68. The number of likely N-dealkylation sites (tertiary alicyclic amines) is 1. The van der Waals surface area contributed by atoms with Crippen molar-refractivity contribution in [3.63, 3.8) is 0 Å². The van der Waals surface area contributed by atoms with Crippen LogP contribution in [0.25, 0.3) is 10.6 Å². The van der Waals surface area contributed by atoms with Crippen LogP contribution >= 0.6 is 11.3 Å². The van der Waals surface area contributed by atoms with Crippen LogP contribution in [-0.2, 0) is 16.0 Å². The Balaban J connectivity index is 1.67. The van der Waals surface area contributed by atoms with E-state index in [2.05, 4.69) is 4.98 Å². The van der Waals surface area contributed by atoms with Crippen LogP contribution in [0.15, 0.2) is 29.6 Å². The lowest BCUT2D eigenvalue weighted by molar-refractivity contribution is -0.145. The number of aromatic nitrogens is 1. The zero-order valence-corrected chi connectivity index (χ0v) is 13.8. The summed E-state index contributed by atoms with van der Waals surface area (Å²) in [6, 6.07) is 6.39. The number of hydrogen-bond acceptors (Lipinski definition) is 4. The highest BCUT2D eigenvalue weighted by Crippen LogP contribution is 2.26. The third kappa shape index (κ3) is 3.62. The van der Waals surface area contributed by atoms with Crippen molar-refractivity contribution in [1.82, 2.24) is 9.88 Å². The molecule has 2 aromatic rings. The summed E-state index contributed by atoms with van der Waals surface area (Å²) >= 11 is 1.29. The number of carbonyl (C=O) groups excluding carboxylic acids is 1. The molecule has 1 N–H and O–H groups in total. The highest BCUT2D eigenvalue weighted by molar-refractivity contribution is 7.13. The van der Waals surface area contributed by atoms with Gasteiger partial charge in [-0.1, -0.05) is 12.1 Å². The van der Waals surface area contributed by atoms with Crippen molar-refractivity contribution < 1.29 is 19.1 Å². The predicted molar refractivity (Wildman–Crippen MR) is 88.2 cm³/mol. The van der Waals surface area contributed by atoms with Gasteiger partial charge in [-0.3, -0.25) is 9.59 Å². The number of hydrogen-bond donors (Lipinski definition) is 1. The summed E-state index contributed by atoms with van der Waals surface area (Å²) < 4.78 is 13.8. The quantitative estimate of drug-likeness (QED) is 0.922. The van der Waals surface area contributed by atoms with Crippen LogP contribution in [0.2, 0.25) is 0 Å². The van der Waals surface area contributed by atoms with E-state index in [-0.39, 0.29) is 24.7 Å². The van der Waals surface area contributed by atoms with Crippen LogP contribution in [-0.4, -0.2) is 40.0 Å². The van der Waals surface area contributed by atoms with Gasteiger partial charge >= 0.3 is 5.97 Å². The first-order valence-corrected chi connectivity index (χ1v) is 8.62. The van der Waals surface area contributed by atoms with E-state index in [0.29, 0.717) is 35.7 Å². The van der Waals surface area contributed by atoms with Crippen LogP contribution in [0.5, 0.6) is 0 Å². The highest BCUT2D eigenvalue weighted by atomic mass is 32.1. The average Bonchev–Trinajstić information content (AvgIpc) is 3.03. The van der Waals surface area contributed by atoms with Crippen LogP contribution in [0, 0.1) is 11.7 Å². The standard InChI is InChI=1S/C17H17FN2O3S/c18-14-6-2-1-5-13(14)16-19-12(10-24-16)8-15(21)20-7-3-4-11(9-20)17(22)23/h1-2,5-6,10-11H,3-4,7-9H2,(H,22,23)/t11-/m1/s1. The molecule has 0 aliphatic carbocycles. The molecular weight excluding hydrogens is 331 g/mol. The minimum Gasteiger partial charge on any atom is -0.481 e. The van der Waals surface area contributed by atoms with E-state index >= 15 is 0 Å². The van der Waals surface area contributed by atoms with Gasteiger partial charge in [0.1, 0.15) is 10.8 Å². The lowest BCUT2D eigenvalue weighted by Gasteiger charge is -2.30. The maximum absolute atomic E-state index is 13.8. The molecule has 1 aromatic carbocycles. The second-order valence-electron chi connectivity index (χ2n) is 5.82. The Morgan fingerprint density at radius 2 is 2.17 bits per heavy atom. The molecule has 3 rings (SSSR count). The van der Waals surface area contributed by atoms with Gasteiger partial charge in [0, 0.05) is 24.0 Å². The fourth-order valence-corrected chi connectivity index (χ4v) is 3.66. The van der Waals surface area contributed by atoms with E-state index in [1.54, 1.807) is 28.5 Å². The smallest absolute Gasteiger partial charge is 0.308 e. The molecule has 2 heterocycles. The Labute approximate surface area is 142 Å². The Morgan fingerprint density at radius 3 is 2.92 bits per heavy atom. The lowest BCUT2D eigenvalue weighted by atomic mass is 9.98. The predicted octanol–water partition coefficient (Wildman–Crippen LogP) is 2.81. The monoisotopic (exact) mass is 348 g/mol. The van der Waals surface area contributed by atoms with Crippen LogP contribution in [0.4, 0.5) is 4.39 Å². The largest absolute Gasteiger partial charge is 0.481 e. The normalized spacial score (nSPS) is 17.7. The van der Waals surface area contributed by atoms with E-state index in [0.717, 1.165) is 0 Å². The number of rotatable bonds is 4. The number of carboxylic acid groups (broad SMARTS) is 1. The van der Waals surface area contributed by atoms with E-state index in [4.69, 9.17) is 5.11 Å². The van der Waals surface area contributed by atoms with E-state index in [1.807, 2.05) is 0 Å². The minimum absolute atomic E-state index is 0.108. The molecule has 0 spiro atoms. The van der Waals surface area contributed by atoms with Gasteiger partial charge in [0.2, 0.25) is 5.91 Å². The number of piperidine rings is 1. The first kappa shape index (κ1) is 16.6. The van der Waals surface area contributed by atoms with Crippen LogP contribution in [0.3, 0.4) is 0 Å². The van der Waals surface area contributed by atoms with E-state index < -0.39 is 11.9 Å². The summed E-state index contributed by atoms with van der Waals surface area (Å²) in [5.41, 5.74) is 1.01. The number of thiazole rings is 1. The van der Waals surface area contributed by atoms with Gasteiger partial charge in [0.25, 0.3) is 0 Å².